The van der Waals surface area contributed by atoms with Crippen molar-refractivity contribution in [1.29, 1.82) is 0 Å². The van der Waals surface area contributed by atoms with Crippen molar-refractivity contribution in [3.05, 3.63) is 34.1 Å². The first kappa shape index (κ1) is 13.8. The number of hydrogen-bond donors (Lipinski definition) is 1. The lowest BCUT2D eigenvalue weighted by Crippen LogP contribution is -2.51. The molecular formula is C10H11FN2O5S. The molecule has 0 spiro atoms. The molecule has 0 bridgehead atoms. The fourth-order valence-electron chi connectivity index (χ4n) is 1.78. The Labute approximate surface area is 108 Å². The van der Waals surface area contributed by atoms with E-state index in [9.17, 15) is 22.9 Å². The van der Waals surface area contributed by atoms with Crippen molar-refractivity contribution in [2.24, 2.45) is 5.92 Å². The van der Waals surface area contributed by atoms with Crippen LogP contribution in [0.1, 0.15) is 0 Å². The molecule has 0 aromatic heterocycles. The van der Waals surface area contributed by atoms with Crippen LogP contribution < -0.4 is 0 Å². The molecule has 1 N–H and O–H groups in total. The molecule has 7 nitrogen and oxygen atoms in total. The molecule has 1 aromatic rings. The van der Waals surface area contributed by atoms with Gasteiger partial charge in [-0.25, -0.2) is 8.42 Å². The van der Waals surface area contributed by atoms with Crippen LogP contribution >= 0.6 is 0 Å². The zero-order valence-corrected chi connectivity index (χ0v) is 10.5. The van der Waals surface area contributed by atoms with Gasteiger partial charge in [0.15, 0.2) is 0 Å². The molecule has 1 fully saturated rings. The van der Waals surface area contributed by atoms with Crippen LogP contribution in [0.3, 0.4) is 0 Å². The van der Waals surface area contributed by atoms with Gasteiger partial charge in [0.05, 0.1) is 9.82 Å². The molecule has 1 aromatic carbocycles. The minimum Gasteiger partial charge on any atom is -0.396 e. The summed E-state index contributed by atoms with van der Waals surface area (Å²) in [6, 6.07) is 2.45. The summed E-state index contributed by atoms with van der Waals surface area (Å²) in [5.74, 6) is -1.20. The van der Waals surface area contributed by atoms with Gasteiger partial charge in [-0.3, -0.25) is 10.1 Å². The molecule has 1 heterocycles. The summed E-state index contributed by atoms with van der Waals surface area (Å²) in [6.07, 6.45) is 0. The molecule has 0 radical (unpaired) electrons. The number of aliphatic hydroxyl groups excluding tert-OH is 1. The molecule has 0 saturated carbocycles. The summed E-state index contributed by atoms with van der Waals surface area (Å²) in [5.41, 5.74) is -0.875. The largest absolute Gasteiger partial charge is 0.396 e. The van der Waals surface area contributed by atoms with E-state index >= 15 is 0 Å². The van der Waals surface area contributed by atoms with Crippen LogP contribution in [0.5, 0.6) is 0 Å². The zero-order chi connectivity index (χ0) is 14.2. The SMILES string of the molecule is O=[N+]([O-])c1cc(S(=O)(=O)N2CC(CO)C2)ccc1F. The van der Waals surface area contributed by atoms with E-state index in [1.165, 1.54) is 0 Å². The summed E-state index contributed by atoms with van der Waals surface area (Å²) in [4.78, 5) is 9.28. The van der Waals surface area contributed by atoms with E-state index in [0.29, 0.717) is 6.07 Å². The van der Waals surface area contributed by atoms with Gasteiger partial charge in [0.2, 0.25) is 15.8 Å². The number of rotatable bonds is 4. The van der Waals surface area contributed by atoms with Gasteiger partial charge in [-0.05, 0) is 12.1 Å². The third kappa shape index (κ3) is 2.44. The maximum atomic E-state index is 13.1. The van der Waals surface area contributed by atoms with Crippen LogP contribution in [0.25, 0.3) is 0 Å². The number of hydrogen-bond acceptors (Lipinski definition) is 5. The van der Waals surface area contributed by atoms with Crippen molar-refractivity contribution < 1.29 is 22.8 Å². The van der Waals surface area contributed by atoms with Gasteiger partial charge < -0.3 is 5.11 Å². The Kier molecular flexibility index (Phi) is 3.52. The standard InChI is InChI=1S/C10H11FN2O5S/c11-9-2-1-8(3-10(9)13(15)16)19(17,18)12-4-7(5-12)6-14/h1-3,7,14H,4-6H2. The molecule has 104 valence electrons. The summed E-state index contributed by atoms with van der Waals surface area (Å²) >= 11 is 0. The van der Waals surface area contributed by atoms with Gasteiger partial charge in [0.25, 0.3) is 0 Å². The number of nitro benzene ring substituents is 1. The molecule has 19 heavy (non-hydrogen) atoms. The third-order valence-corrected chi connectivity index (χ3v) is 4.76. The van der Waals surface area contributed by atoms with E-state index in [0.717, 1.165) is 16.4 Å². The Morgan fingerprint density at radius 3 is 2.63 bits per heavy atom. The first-order valence-corrected chi connectivity index (χ1v) is 6.85. The van der Waals surface area contributed by atoms with Crippen molar-refractivity contribution >= 4 is 15.7 Å². The molecule has 9 heteroatoms. The summed E-state index contributed by atoms with van der Waals surface area (Å²) in [7, 11) is -3.87. The topological polar surface area (TPSA) is 101 Å². The molecule has 1 aliphatic heterocycles. The fourth-order valence-corrected chi connectivity index (χ4v) is 3.39. The normalized spacial score (nSPS) is 17.2. The highest BCUT2D eigenvalue weighted by molar-refractivity contribution is 7.89. The van der Waals surface area contributed by atoms with Crippen LogP contribution in [-0.4, -0.2) is 42.4 Å². The van der Waals surface area contributed by atoms with Gasteiger partial charge in [-0.15, -0.1) is 0 Å². The van der Waals surface area contributed by atoms with E-state index in [1.54, 1.807) is 0 Å². The Balaban J connectivity index is 2.32. The Morgan fingerprint density at radius 2 is 2.11 bits per heavy atom. The third-order valence-electron chi connectivity index (χ3n) is 2.93. The number of nitrogens with zero attached hydrogens (tertiary/aromatic N) is 2. The minimum atomic E-state index is -3.87. The first-order valence-electron chi connectivity index (χ1n) is 5.41. The minimum absolute atomic E-state index is 0.115. The molecule has 0 unspecified atom stereocenters. The van der Waals surface area contributed by atoms with Gasteiger partial charge in [0, 0.05) is 31.7 Å². The van der Waals surface area contributed by atoms with E-state index in [4.69, 9.17) is 5.11 Å². The van der Waals surface area contributed by atoms with E-state index in [2.05, 4.69) is 0 Å². The number of sulfonamides is 1. The number of nitro groups is 1. The number of halogens is 1. The van der Waals surface area contributed by atoms with Crippen LogP contribution in [-0.2, 0) is 10.0 Å². The highest BCUT2D eigenvalue weighted by Gasteiger charge is 2.37. The predicted octanol–water partition coefficient (Wildman–Crippen LogP) is 0.347. The average molecular weight is 290 g/mol. The zero-order valence-electron chi connectivity index (χ0n) is 9.69. The molecular weight excluding hydrogens is 279 g/mol. The Bertz CT molecular complexity index is 612. The first-order chi connectivity index (χ1) is 8.86. The lowest BCUT2D eigenvalue weighted by atomic mass is 10.1. The molecule has 0 atom stereocenters. The van der Waals surface area contributed by atoms with Crippen molar-refractivity contribution in [2.45, 2.75) is 4.90 Å². The van der Waals surface area contributed by atoms with Gasteiger partial charge >= 0.3 is 5.69 Å². The Hall–Kier alpha value is -1.58. The molecule has 0 aliphatic carbocycles. The maximum Gasteiger partial charge on any atom is 0.306 e. The van der Waals surface area contributed by atoms with Crippen LogP contribution in [0.15, 0.2) is 23.1 Å². The van der Waals surface area contributed by atoms with Crippen LogP contribution in [0, 0.1) is 21.8 Å². The molecule has 0 amide bonds. The molecule has 2 rings (SSSR count). The second-order valence-electron chi connectivity index (χ2n) is 4.24. The van der Waals surface area contributed by atoms with E-state index in [1.807, 2.05) is 0 Å². The van der Waals surface area contributed by atoms with E-state index in [-0.39, 0.29) is 30.5 Å². The van der Waals surface area contributed by atoms with Crippen LogP contribution in [0.2, 0.25) is 0 Å². The maximum absolute atomic E-state index is 13.1. The fraction of sp³-hybridized carbons (Fsp3) is 0.400. The summed E-state index contributed by atoms with van der Waals surface area (Å²) in [6.45, 7) is 0.198. The lowest BCUT2D eigenvalue weighted by molar-refractivity contribution is -0.387. The summed E-state index contributed by atoms with van der Waals surface area (Å²) in [5, 5.41) is 19.4. The number of benzene rings is 1. The van der Waals surface area contributed by atoms with Gasteiger partial charge in [-0.2, -0.15) is 8.70 Å². The second kappa shape index (κ2) is 4.83. The smallest absolute Gasteiger partial charge is 0.306 e. The molecule has 1 aliphatic rings. The predicted molar refractivity (Wildman–Crippen MR) is 62.4 cm³/mol. The van der Waals surface area contributed by atoms with E-state index < -0.39 is 26.5 Å². The monoisotopic (exact) mass is 290 g/mol. The molecule has 1 saturated heterocycles. The summed E-state index contributed by atoms with van der Waals surface area (Å²) < 4.78 is 38.3. The van der Waals surface area contributed by atoms with Crippen molar-refractivity contribution in [3.8, 4) is 0 Å². The van der Waals surface area contributed by atoms with Crippen molar-refractivity contribution in [2.75, 3.05) is 19.7 Å². The highest BCUT2D eigenvalue weighted by atomic mass is 32.2. The quantitative estimate of drug-likeness (QED) is 0.637. The Morgan fingerprint density at radius 1 is 1.47 bits per heavy atom. The average Bonchev–Trinajstić information content (AvgIpc) is 2.27. The van der Waals surface area contributed by atoms with Crippen molar-refractivity contribution in [3.63, 3.8) is 0 Å². The van der Waals surface area contributed by atoms with Crippen LogP contribution in [0.4, 0.5) is 10.1 Å². The number of aliphatic hydroxyl groups is 1. The van der Waals surface area contributed by atoms with Crippen molar-refractivity contribution in [1.82, 2.24) is 4.31 Å². The van der Waals surface area contributed by atoms with Gasteiger partial charge in [0.1, 0.15) is 0 Å². The second-order valence-corrected chi connectivity index (χ2v) is 6.18. The highest BCUT2D eigenvalue weighted by Crippen LogP contribution is 2.28. The van der Waals surface area contributed by atoms with Gasteiger partial charge in [-0.1, -0.05) is 0 Å². The lowest BCUT2D eigenvalue weighted by Gasteiger charge is -2.36.